The molecule has 2 fully saturated rings. The van der Waals surface area contributed by atoms with Crippen LogP contribution < -0.4 is 15.5 Å². The second kappa shape index (κ2) is 8.80. The molecular formula is C21H27N5O4S. The number of nitrogens with one attached hydrogen (secondary N) is 2. The quantitative estimate of drug-likeness (QED) is 0.701. The molecule has 0 radical (unpaired) electrons. The molecule has 2 aliphatic heterocycles. The number of amides is 2. The molecule has 9 nitrogen and oxygen atoms in total. The van der Waals surface area contributed by atoms with Crippen molar-refractivity contribution in [2.75, 3.05) is 36.1 Å². The topological polar surface area (TPSA) is 114 Å². The van der Waals surface area contributed by atoms with Gasteiger partial charge >= 0.3 is 6.03 Å². The van der Waals surface area contributed by atoms with Crippen molar-refractivity contribution in [2.45, 2.75) is 37.7 Å². The molecule has 10 heteroatoms. The van der Waals surface area contributed by atoms with Crippen LogP contribution in [0.3, 0.4) is 0 Å². The smallest absolute Gasteiger partial charge is 0.319 e. The molecule has 2 bridgehead atoms. The first-order valence-electron chi connectivity index (χ1n) is 10.4. The number of carbonyl (C=O) groups is 1. The van der Waals surface area contributed by atoms with Crippen molar-refractivity contribution in [1.29, 1.82) is 0 Å². The van der Waals surface area contributed by atoms with Crippen LogP contribution in [0.5, 0.6) is 0 Å². The van der Waals surface area contributed by atoms with Crippen molar-refractivity contribution in [3.8, 4) is 11.4 Å². The average Bonchev–Trinajstić information content (AvgIpc) is 3.04. The number of urea groups is 1. The van der Waals surface area contributed by atoms with Crippen LogP contribution in [0.1, 0.15) is 25.5 Å². The Morgan fingerprint density at radius 1 is 1.16 bits per heavy atom. The first kappa shape index (κ1) is 21.5. The summed E-state index contributed by atoms with van der Waals surface area (Å²) in [6.07, 6.45) is 3.65. The number of carbonyl (C=O) groups excluding carboxylic acids is 1. The zero-order valence-corrected chi connectivity index (χ0v) is 18.5. The van der Waals surface area contributed by atoms with E-state index >= 15 is 0 Å². The monoisotopic (exact) mass is 445 g/mol. The van der Waals surface area contributed by atoms with E-state index < -0.39 is 9.84 Å². The van der Waals surface area contributed by atoms with Crippen molar-refractivity contribution < 1.29 is 17.9 Å². The van der Waals surface area contributed by atoms with Crippen molar-refractivity contribution in [3.63, 3.8) is 0 Å². The summed E-state index contributed by atoms with van der Waals surface area (Å²) in [5.41, 5.74) is 1.85. The van der Waals surface area contributed by atoms with Crippen molar-refractivity contribution >= 4 is 27.4 Å². The van der Waals surface area contributed by atoms with Crippen molar-refractivity contribution in [2.24, 2.45) is 0 Å². The minimum atomic E-state index is -3.25. The number of hydrogen-bond acceptors (Lipinski definition) is 7. The Morgan fingerprint density at radius 3 is 2.45 bits per heavy atom. The van der Waals surface area contributed by atoms with E-state index in [-0.39, 0.29) is 24.0 Å². The second-order valence-corrected chi connectivity index (χ2v) is 10.2. The van der Waals surface area contributed by atoms with Crippen LogP contribution in [0.15, 0.2) is 30.3 Å². The van der Waals surface area contributed by atoms with Gasteiger partial charge in [0.1, 0.15) is 5.82 Å². The highest BCUT2D eigenvalue weighted by atomic mass is 32.2. The molecule has 2 saturated heterocycles. The molecule has 4 rings (SSSR count). The summed E-state index contributed by atoms with van der Waals surface area (Å²) in [6, 6.07) is 8.66. The first-order valence-corrected chi connectivity index (χ1v) is 12.5. The molecule has 2 amide bonds. The third kappa shape index (κ3) is 5.50. The van der Waals surface area contributed by atoms with E-state index in [1.165, 1.54) is 6.26 Å². The number of morpholine rings is 1. The third-order valence-electron chi connectivity index (χ3n) is 5.28. The molecule has 166 valence electrons. The van der Waals surface area contributed by atoms with Crippen LogP contribution in [0.4, 0.5) is 16.3 Å². The number of anilines is 2. The van der Waals surface area contributed by atoms with Gasteiger partial charge in [-0.15, -0.1) is 0 Å². The minimum Gasteiger partial charge on any atom is -0.371 e. The predicted molar refractivity (Wildman–Crippen MR) is 119 cm³/mol. The van der Waals surface area contributed by atoms with E-state index in [1.54, 1.807) is 18.2 Å². The second-order valence-electron chi connectivity index (χ2n) is 8.04. The maximum Gasteiger partial charge on any atom is 0.319 e. The Kier molecular flexibility index (Phi) is 6.10. The van der Waals surface area contributed by atoms with Gasteiger partial charge in [-0.25, -0.2) is 23.2 Å². The van der Waals surface area contributed by atoms with E-state index in [2.05, 4.69) is 20.5 Å². The summed E-state index contributed by atoms with van der Waals surface area (Å²) in [7, 11) is -3.25. The van der Waals surface area contributed by atoms with Crippen LogP contribution in [-0.2, 0) is 20.3 Å². The highest BCUT2D eigenvalue weighted by Gasteiger charge is 2.34. The Bertz CT molecular complexity index is 1050. The van der Waals surface area contributed by atoms with Crippen molar-refractivity contribution in [1.82, 2.24) is 15.3 Å². The van der Waals surface area contributed by atoms with E-state index in [1.807, 2.05) is 19.1 Å². The standard InChI is InChI=1S/C21H27N5O4S/c1-3-22-21(27)24-15-6-4-14(5-7-15)20-23-16(13-31(2,28)29)10-19(25-20)26-11-17-8-9-18(12-26)30-17/h4-7,10,17-18H,3,8-9,11-13H2,1-2H3,(H2,22,24,27). The van der Waals surface area contributed by atoms with Gasteiger partial charge in [-0.1, -0.05) is 0 Å². The highest BCUT2D eigenvalue weighted by molar-refractivity contribution is 7.89. The van der Waals surface area contributed by atoms with Gasteiger partial charge in [0.2, 0.25) is 0 Å². The molecule has 3 heterocycles. The molecule has 1 aromatic carbocycles. The van der Waals surface area contributed by atoms with Gasteiger partial charge in [-0.3, -0.25) is 0 Å². The minimum absolute atomic E-state index is 0.149. The van der Waals surface area contributed by atoms with Crippen LogP contribution in [0, 0.1) is 0 Å². The lowest BCUT2D eigenvalue weighted by Gasteiger charge is -2.33. The van der Waals surface area contributed by atoms with Gasteiger partial charge in [0, 0.05) is 43.2 Å². The summed E-state index contributed by atoms with van der Waals surface area (Å²) in [4.78, 5) is 23.1. The maximum atomic E-state index is 11.9. The number of nitrogens with zero attached hydrogens (tertiary/aromatic N) is 3. The summed E-state index contributed by atoms with van der Waals surface area (Å²) in [5.74, 6) is 1.02. The van der Waals surface area contributed by atoms with Crippen LogP contribution in [0.25, 0.3) is 11.4 Å². The Labute approximate surface area is 182 Å². The number of fused-ring (bicyclic) bond motifs is 2. The normalized spacial score (nSPS) is 20.5. The third-order valence-corrected chi connectivity index (χ3v) is 6.10. The zero-order chi connectivity index (χ0) is 22.0. The summed E-state index contributed by atoms with van der Waals surface area (Å²) >= 11 is 0. The number of benzene rings is 1. The van der Waals surface area contributed by atoms with E-state index in [9.17, 15) is 13.2 Å². The van der Waals surface area contributed by atoms with E-state index in [0.717, 1.165) is 31.5 Å². The summed E-state index contributed by atoms with van der Waals surface area (Å²) in [6.45, 7) is 3.86. The lowest BCUT2D eigenvalue weighted by Crippen LogP contribution is -2.43. The lowest BCUT2D eigenvalue weighted by molar-refractivity contribution is 0.0302. The maximum absolute atomic E-state index is 11.9. The molecule has 1 aromatic heterocycles. The highest BCUT2D eigenvalue weighted by Crippen LogP contribution is 2.30. The number of aromatic nitrogens is 2. The molecule has 0 spiro atoms. The molecule has 2 N–H and O–H groups in total. The largest absolute Gasteiger partial charge is 0.371 e. The number of ether oxygens (including phenoxy) is 1. The van der Waals surface area contributed by atoms with Gasteiger partial charge in [0.05, 0.1) is 23.7 Å². The lowest BCUT2D eigenvalue weighted by atomic mass is 10.2. The molecule has 31 heavy (non-hydrogen) atoms. The molecule has 0 aliphatic carbocycles. The number of sulfone groups is 1. The summed E-state index contributed by atoms with van der Waals surface area (Å²) in [5, 5.41) is 5.43. The fourth-order valence-electron chi connectivity index (χ4n) is 3.96. The average molecular weight is 446 g/mol. The Hall–Kier alpha value is -2.72. The molecule has 2 aromatic rings. The van der Waals surface area contributed by atoms with Crippen LogP contribution in [-0.4, -0.2) is 62.5 Å². The molecule has 2 atom stereocenters. The fraction of sp³-hybridized carbons (Fsp3) is 0.476. The number of hydrogen-bond donors (Lipinski definition) is 2. The van der Waals surface area contributed by atoms with Gasteiger partial charge in [-0.2, -0.15) is 0 Å². The molecular weight excluding hydrogens is 418 g/mol. The van der Waals surface area contributed by atoms with Gasteiger partial charge in [-0.05, 0) is 44.0 Å². The molecule has 2 unspecified atom stereocenters. The Balaban J connectivity index is 1.63. The van der Waals surface area contributed by atoms with Crippen molar-refractivity contribution in [3.05, 3.63) is 36.0 Å². The molecule has 0 saturated carbocycles. The SMILES string of the molecule is CCNC(=O)Nc1ccc(-c2nc(CS(C)(=O)=O)cc(N3CC4CCC(C3)O4)n2)cc1. The van der Waals surface area contributed by atoms with E-state index in [0.29, 0.717) is 29.6 Å². The van der Waals surface area contributed by atoms with Crippen LogP contribution >= 0.6 is 0 Å². The Morgan fingerprint density at radius 2 is 1.84 bits per heavy atom. The fourth-order valence-corrected chi connectivity index (χ4v) is 4.64. The van der Waals surface area contributed by atoms with Gasteiger partial charge in [0.15, 0.2) is 15.7 Å². The summed E-state index contributed by atoms with van der Waals surface area (Å²) < 4.78 is 29.7. The number of rotatable bonds is 6. The molecule has 2 aliphatic rings. The predicted octanol–water partition coefficient (Wildman–Crippen LogP) is 2.20. The van der Waals surface area contributed by atoms with Gasteiger partial charge in [0.25, 0.3) is 0 Å². The first-order chi connectivity index (χ1) is 14.8. The van der Waals surface area contributed by atoms with Crippen LogP contribution in [0.2, 0.25) is 0 Å². The van der Waals surface area contributed by atoms with E-state index in [4.69, 9.17) is 9.72 Å². The zero-order valence-electron chi connectivity index (χ0n) is 17.7. The van der Waals surface area contributed by atoms with Gasteiger partial charge < -0.3 is 20.3 Å².